The molecule has 1 atom stereocenters. The van der Waals surface area contributed by atoms with Gasteiger partial charge in [0.15, 0.2) is 5.96 Å². The number of aliphatic imine (C=N–C) groups is 1. The van der Waals surface area contributed by atoms with Gasteiger partial charge in [0, 0.05) is 66.3 Å². The molecule has 9 heteroatoms. The topological polar surface area (TPSA) is 71.5 Å². The Labute approximate surface area is 203 Å². The molecule has 1 aromatic rings. The smallest absolute Gasteiger partial charge is 0.193 e. The van der Waals surface area contributed by atoms with Crippen LogP contribution in [0.15, 0.2) is 23.3 Å². The monoisotopic (exact) mass is 547 g/mol. The summed E-state index contributed by atoms with van der Waals surface area (Å²) < 4.78 is 16.6. The van der Waals surface area contributed by atoms with Crippen molar-refractivity contribution >= 4 is 35.8 Å². The first-order chi connectivity index (χ1) is 14.7. The molecule has 2 aliphatic heterocycles. The number of hydrogen-bond donors (Lipinski definition) is 1. The van der Waals surface area contributed by atoms with Gasteiger partial charge in [0.2, 0.25) is 0 Å². The number of nitrogens with zero attached hydrogens (tertiary/aromatic N) is 4. The first-order valence-corrected chi connectivity index (χ1v) is 11.1. The van der Waals surface area contributed by atoms with E-state index < -0.39 is 0 Å². The van der Waals surface area contributed by atoms with E-state index in [4.69, 9.17) is 14.2 Å². The highest BCUT2D eigenvalue weighted by atomic mass is 127. The van der Waals surface area contributed by atoms with Crippen LogP contribution in [0.4, 0.5) is 5.82 Å². The second-order valence-electron chi connectivity index (χ2n) is 7.96. The second kappa shape index (κ2) is 14.1. The molecule has 3 heterocycles. The van der Waals surface area contributed by atoms with Gasteiger partial charge in [-0.05, 0) is 37.8 Å². The van der Waals surface area contributed by atoms with Crippen molar-refractivity contribution in [3.63, 3.8) is 0 Å². The third kappa shape index (κ3) is 8.36. The van der Waals surface area contributed by atoms with Gasteiger partial charge in [0.05, 0.1) is 18.8 Å². The summed E-state index contributed by atoms with van der Waals surface area (Å²) in [6, 6.07) is 4.24. The highest BCUT2D eigenvalue weighted by Gasteiger charge is 2.22. The van der Waals surface area contributed by atoms with Crippen molar-refractivity contribution in [1.29, 1.82) is 0 Å². The van der Waals surface area contributed by atoms with Crippen LogP contribution in [0, 0.1) is 0 Å². The Hall–Kier alpha value is -1.17. The van der Waals surface area contributed by atoms with Gasteiger partial charge in [-0.3, -0.25) is 4.99 Å². The van der Waals surface area contributed by atoms with E-state index in [1.165, 1.54) is 0 Å². The Bertz CT molecular complexity index is 653. The minimum absolute atomic E-state index is 0. The summed E-state index contributed by atoms with van der Waals surface area (Å²) in [4.78, 5) is 13.7. The predicted octanol–water partition coefficient (Wildman–Crippen LogP) is 2.52. The summed E-state index contributed by atoms with van der Waals surface area (Å²) in [5.41, 5.74) is 1.15. The molecular formula is C22H38IN5O3. The fourth-order valence-electron chi connectivity index (χ4n) is 3.94. The van der Waals surface area contributed by atoms with Crippen LogP contribution in [0.2, 0.25) is 0 Å². The zero-order valence-electron chi connectivity index (χ0n) is 19.1. The van der Waals surface area contributed by atoms with Crippen molar-refractivity contribution in [3.8, 4) is 0 Å². The van der Waals surface area contributed by atoms with Gasteiger partial charge < -0.3 is 29.3 Å². The number of halogens is 1. The van der Waals surface area contributed by atoms with Gasteiger partial charge in [-0.1, -0.05) is 6.07 Å². The number of guanidine groups is 1. The molecule has 1 aromatic heterocycles. The van der Waals surface area contributed by atoms with Crippen LogP contribution in [0.3, 0.4) is 0 Å². The van der Waals surface area contributed by atoms with Crippen molar-refractivity contribution in [2.75, 3.05) is 65.1 Å². The molecule has 2 aliphatic rings. The number of piperidine rings is 1. The lowest BCUT2D eigenvalue weighted by Crippen LogP contribution is -2.46. The fraction of sp³-hybridized carbons (Fsp3) is 0.727. The molecule has 0 spiro atoms. The lowest BCUT2D eigenvalue weighted by atomic mass is 10.1. The molecule has 1 unspecified atom stereocenters. The van der Waals surface area contributed by atoms with Gasteiger partial charge in [0.1, 0.15) is 5.82 Å². The summed E-state index contributed by atoms with van der Waals surface area (Å²) in [6.07, 6.45) is 5.57. The number of morpholine rings is 1. The third-order valence-corrected chi connectivity index (χ3v) is 5.62. The van der Waals surface area contributed by atoms with E-state index in [0.717, 1.165) is 82.6 Å². The van der Waals surface area contributed by atoms with Gasteiger partial charge in [0.25, 0.3) is 0 Å². The minimum atomic E-state index is 0. The molecule has 2 saturated heterocycles. The Balaban J connectivity index is 0.00000341. The lowest BCUT2D eigenvalue weighted by Gasteiger charge is -2.34. The molecule has 0 radical (unpaired) electrons. The van der Waals surface area contributed by atoms with E-state index in [9.17, 15) is 0 Å². The molecule has 1 N–H and O–H groups in total. The maximum absolute atomic E-state index is 5.96. The van der Waals surface area contributed by atoms with E-state index in [0.29, 0.717) is 12.6 Å². The highest BCUT2D eigenvalue weighted by Crippen LogP contribution is 2.16. The zero-order chi connectivity index (χ0) is 21.2. The molecule has 0 amide bonds. The Morgan fingerprint density at radius 1 is 1.26 bits per heavy atom. The molecule has 0 saturated carbocycles. The van der Waals surface area contributed by atoms with Crippen LogP contribution in [0.25, 0.3) is 0 Å². The van der Waals surface area contributed by atoms with Crippen molar-refractivity contribution < 1.29 is 14.2 Å². The largest absolute Gasteiger partial charge is 0.385 e. The van der Waals surface area contributed by atoms with Gasteiger partial charge in [-0.15, -0.1) is 24.0 Å². The van der Waals surface area contributed by atoms with E-state index >= 15 is 0 Å². The first-order valence-electron chi connectivity index (χ1n) is 11.1. The molecule has 0 aliphatic carbocycles. The molecule has 176 valence electrons. The average Bonchev–Trinajstić information content (AvgIpc) is 2.78. The maximum Gasteiger partial charge on any atom is 0.193 e. The van der Waals surface area contributed by atoms with Crippen LogP contribution in [0.1, 0.15) is 31.7 Å². The number of pyridine rings is 1. The molecule has 2 fully saturated rings. The molecule has 31 heavy (non-hydrogen) atoms. The van der Waals surface area contributed by atoms with Crippen molar-refractivity contribution in [2.24, 2.45) is 4.99 Å². The third-order valence-electron chi connectivity index (χ3n) is 5.62. The highest BCUT2D eigenvalue weighted by molar-refractivity contribution is 14.0. The predicted molar refractivity (Wildman–Crippen MR) is 135 cm³/mol. The van der Waals surface area contributed by atoms with Crippen molar-refractivity contribution in [3.05, 3.63) is 23.9 Å². The number of hydrogen-bond acceptors (Lipinski definition) is 6. The summed E-state index contributed by atoms with van der Waals surface area (Å²) in [5, 5.41) is 3.48. The quantitative estimate of drug-likeness (QED) is 0.232. The van der Waals surface area contributed by atoms with Crippen LogP contribution in [-0.4, -0.2) is 88.2 Å². The number of methoxy groups -OCH3 is 1. The molecule has 3 rings (SSSR count). The fourth-order valence-corrected chi connectivity index (χ4v) is 3.94. The van der Waals surface area contributed by atoms with E-state index in [1.807, 2.05) is 13.2 Å². The SMILES string of the molecule is CN=C(NCc1ccc(N2CCOC(C)C2)nc1)N1CCC(OCCCOC)CC1.I. The number of ether oxygens (including phenoxy) is 3. The summed E-state index contributed by atoms with van der Waals surface area (Å²) in [5.74, 6) is 1.96. The number of likely N-dealkylation sites (tertiary alicyclic amines) is 1. The number of rotatable bonds is 8. The summed E-state index contributed by atoms with van der Waals surface area (Å²) in [7, 11) is 3.57. The first kappa shape index (κ1) is 26.1. The molecule has 8 nitrogen and oxygen atoms in total. The summed E-state index contributed by atoms with van der Waals surface area (Å²) in [6.45, 7) is 8.82. The normalized spacial score (nSPS) is 20.5. The number of anilines is 1. The molecular weight excluding hydrogens is 509 g/mol. The zero-order valence-corrected chi connectivity index (χ0v) is 21.4. The average molecular weight is 547 g/mol. The maximum atomic E-state index is 5.96. The number of nitrogens with one attached hydrogen (secondary N) is 1. The van der Waals surface area contributed by atoms with Crippen molar-refractivity contribution in [2.45, 2.75) is 44.9 Å². The van der Waals surface area contributed by atoms with Gasteiger partial charge >= 0.3 is 0 Å². The van der Waals surface area contributed by atoms with Crippen LogP contribution in [0.5, 0.6) is 0 Å². The minimum Gasteiger partial charge on any atom is -0.385 e. The number of aromatic nitrogens is 1. The van der Waals surface area contributed by atoms with Gasteiger partial charge in [-0.2, -0.15) is 0 Å². The lowest BCUT2D eigenvalue weighted by molar-refractivity contribution is 0.00989. The Morgan fingerprint density at radius 3 is 2.71 bits per heavy atom. The molecule has 0 aromatic carbocycles. The van der Waals surface area contributed by atoms with E-state index in [1.54, 1.807) is 7.11 Å². The second-order valence-corrected chi connectivity index (χ2v) is 7.96. The Kier molecular flexibility index (Phi) is 11.8. The van der Waals surface area contributed by atoms with Crippen LogP contribution in [-0.2, 0) is 20.8 Å². The Morgan fingerprint density at radius 2 is 2.06 bits per heavy atom. The van der Waals surface area contributed by atoms with Crippen LogP contribution < -0.4 is 10.2 Å². The summed E-state index contributed by atoms with van der Waals surface area (Å²) >= 11 is 0. The standard InChI is InChI=1S/C22H37N5O3.HI/c1-18-17-27(11-14-29-18)21-6-5-19(15-24-21)16-25-22(23-2)26-9-7-20(8-10-26)30-13-4-12-28-3;/h5-6,15,18,20H,4,7-14,16-17H2,1-3H3,(H,23,25);1H. The van der Waals surface area contributed by atoms with Crippen LogP contribution >= 0.6 is 24.0 Å². The molecule has 0 bridgehead atoms. The van der Waals surface area contributed by atoms with E-state index in [-0.39, 0.29) is 30.1 Å². The van der Waals surface area contributed by atoms with Crippen molar-refractivity contribution in [1.82, 2.24) is 15.2 Å². The van der Waals surface area contributed by atoms with Gasteiger partial charge in [-0.25, -0.2) is 4.98 Å². The van der Waals surface area contributed by atoms with E-state index in [2.05, 4.69) is 44.1 Å².